The molecule has 1 aliphatic heterocycles. The quantitative estimate of drug-likeness (QED) is 0.470. The predicted molar refractivity (Wildman–Crippen MR) is 117 cm³/mol. The highest BCUT2D eigenvalue weighted by atomic mass is 19.4. The molecule has 34 heavy (non-hydrogen) atoms. The highest BCUT2D eigenvalue weighted by molar-refractivity contribution is 5.76. The van der Waals surface area contributed by atoms with Crippen molar-refractivity contribution in [3.63, 3.8) is 0 Å². The molecule has 3 rings (SSSR count). The van der Waals surface area contributed by atoms with Crippen molar-refractivity contribution in [2.75, 3.05) is 31.1 Å². The van der Waals surface area contributed by atoms with Gasteiger partial charge in [0.15, 0.2) is 11.2 Å². The Bertz CT molecular complexity index is 1220. The number of hydrogen-bond acceptors (Lipinski definition) is 7. The van der Waals surface area contributed by atoms with E-state index in [0.717, 1.165) is 36.3 Å². The second kappa shape index (κ2) is 10.5. The number of piperazine rings is 1. The third-order valence-corrected chi connectivity index (χ3v) is 4.85. The van der Waals surface area contributed by atoms with Gasteiger partial charge in [0.05, 0.1) is 0 Å². The second-order valence-corrected chi connectivity index (χ2v) is 7.72. The Hall–Kier alpha value is -3.62. The maximum Gasteiger partial charge on any atom is 0.490 e. The molecule has 2 aromatic rings. The molecule has 1 amide bonds. The molecular weight excluding hydrogens is 463 g/mol. The molecule has 3 heterocycles. The molecule has 0 radical (unpaired) electrons. The average molecular weight is 489 g/mol. The van der Waals surface area contributed by atoms with Crippen LogP contribution < -0.4 is 27.2 Å². The van der Waals surface area contributed by atoms with Gasteiger partial charge in [-0.2, -0.15) is 18.2 Å². The van der Waals surface area contributed by atoms with Crippen molar-refractivity contribution in [3.8, 4) is 0 Å². The number of rotatable bonds is 5. The van der Waals surface area contributed by atoms with Crippen molar-refractivity contribution in [3.05, 3.63) is 32.5 Å². The number of fused-ring (bicyclic) bond motifs is 1. The van der Waals surface area contributed by atoms with Crippen LogP contribution in [0.15, 0.2) is 21.2 Å². The lowest BCUT2D eigenvalue weighted by Gasteiger charge is -2.28. The number of imidazole rings is 1. The third kappa shape index (κ3) is 6.03. The molecule has 0 aliphatic carbocycles. The number of alkyl halides is 3. The van der Waals surface area contributed by atoms with E-state index in [-0.39, 0.29) is 0 Å². The monoisotopic (exact) mass is 489 g/mol. The zero-order chi connectivity index (χ0) is 25.8. The van der Waals surface area contributed by atoms with Gasteiger partial charge in [0.1, 0.15) is 6.54 Å². The first-order valence-corrected chi connectivity index (χ1v) is 10.1. The van der Waals surface area contributed by atoms with Gasteiger partial charge in [-0.3, -0.25) is 14.2 Å². The van der Waals surface area contributed by atoms with Crippen molar-refractivity contribution in [2.45, 2.75) is 33.1 Å². The van der Waals surface area contributed by atoms with E-state index in [4.69, 9.17) is 15.6 Å². The van der Waals surface area contributed by atoms with Gasteiger partial charge in [-0.05, 0) is 13.8 Å². The first-order chi connectivity index (χ1) is 15.8. The lowest BCUT2D eigenvalue weighted by molar-refractivity contribution is -0.192. The van der Waals surface area contributed by atoms with Gasteiger partial charge in [0.25, 0.3) is 5.56 Å². The summed E-state index contributed by atoms with van der Waals surface area (Å²) in [5, 5.41) is 10.4. The number of aryl methyl sites for hydroxylation is 1. The minimum atomic E-state index is -5.08. The maximum atomic E-state index is 13.0. The summed E-state index contributed by atoms with van der Waals surface area (Å²) in [7, 11) is 1.54. The summed E-state index contributed by atoms with van der Waals surface area (Å²) in [6.07, 6.45) is -3.09. The Morgan fingerprint density at radius 1 is 1.18 bits per heavy atom. The van der Waals surface area contributed by atoms with E-state index < -0.39 is 35.8 Å². The SMILES string of the molecule is CC(C)=CCn1c(N2CCNCC2)nc2c1c(=O)n(CC(N)=O)c(=O)n2C.O=C(O)C(F)(F)F. The molecule has 4 N–H and O–H groups in total. The minimum absolute atomic E-state index is 0.296. The molecule has 1 saturated heterocycles. The number of amides is 1. The molecule has 0 atom stereocenters. The van der Waals surface area contributed by atoms with E-state index in [0.29, 0.717) is 23.7 Å². The molecule has 0 bridgehead atoms. The van der Waals surface area contributed by atoms with Crippen LogP contribution in [-0.2, 0) is 29.7 Å². The Labute approximate surface area is 191 Å². The molecule has 188 valence electrons. The Morgan fingerprint density at radius 2 is 1.74 bits per heavy atom. The van der Waals surface area contributed by atoms with Gasteiger partial charge < -0.3 is 25.6 Å². The number of carbonyl (C=O) groups is 2. The standard InChI is InChI=1S/C17H25N7O3.C2HF3O2/c1-11(2)4-7-23-13-14(20-16(23)22-8-5-19-6-9-22)21(3)17(27)24(15(13)26)10-12(18)25;3-2(4,5)1(6)7/h4,19H,5-10H2,1-3H3,(H2,18,25);(H,6,7). The van der Waals surface area contributed by atoms with Gasteiger partial charge in [-0.1, -0.05) is 11.6 Å². The molecule has 0 aromatic carbocycles. The maximum absolute atomic E-state index is 13.0. The van der Waals surface area contributed by atoms with Crippen LogP contribution in [0.2, 0.25) is 0 Å². The first-order valence-electron chi connectivity index (χ1n) is 10.1. The van der Waals surface area contributed by atoms with E-state index >= 15 is 0 Å². The van der Waals surface area contributed by atoms with Gasteiger partial charge >= 0.3 is 17.8 Å². The number of carboxylic acids is 1. The van der Waals surface area contributed by atoms with E-state index in [9.17, 15) is 27.6 Å². The summed E-state index contributed by atoms with van der Waals surface area (Å²) in [4.78, 5) is 52.5. The number of nitrogens with one attached hydrogen (secondary N) is 1. The molecule has 0 unspecified atom stereocenters. The molecule has 1 aliphatic rings. The smallest absolute Gasteiger partial charge is 0.475 e. The summed E-state index contributed by atoms with van der Waals surface area (Å²) in [5.41, 5.74) is 5.77. The van der Waals surface area contributed by atoms with Crippen molar-refractivity contribution in [2.24, 2.45) is 12.8 Å². The van der Waals surface area contributed by atoms with Crippen LogP contribution in [0.25, 0.3) is 11.2 Å². The van der Waals surface area contributed by atoms with Crippen molar-refractivity contribution >= 4 is 29.0 Å². The lowest BCUT2D eigenvalue weighted by atomic mass is 10.3. The molecule has 0 spiro atoms. The van der Waals surface area contributed by atoms with Crippen LogP contribution in [0.1, 0.15) is 13.8 Å². The van der Waals surface area contributed by atoms with Gasteiger partial charge in [-0.25, -0.2) is 14.2 Å². The third-order valence-electron chi connectivity index (χ3n) is 4.85. The van der Waals surface area contributed by atoms with Crippen LogP contribution in [0.3, 0.4) is 0 Å². The zero-order valence-electron chi connectivity index (χ0n) is 18.8. The van der Waals surface area contributed by atoms with E-state index in [1.807, 2.05) is 24.5 Å². The molecule has 1 fully saturated rings. The summed E-state index contributed by atoms with van der Waals surface area (Å²) in [5.74, 6) is -2.85. The normalized spacial score (nSPS) is 13.9. The fourth-order valence-electron chi connectivity index (χ4n) is 3.21. The topological polar surface area (TPSA) is 157 Å². The van der Waals surface area contributed by atoms with Crippen LogP contribution in [-0.4, -0.2) is 68.0 Å². The second-order valence-electron chi connectivity index (χ2n) is 7.72. The van der Waals surface area contributed by atoms with Crippen LogP contribution >= 0.6 is 0 Å². The number of nitrogens with zero attached hydrogens (tertiary/aromatic N) is 5. The minimum Gasteiger partial charge on any atom is -0.475 e. The van der Waals surface area contributed by atoms with Crippen molar-refractivity contribution < 1.29 is 27.9 Å². The summed E-state index contributed by atoms with van der Waals surface area (Å²) in [6.45, 7) is 7.08. The van der Waals surface area contributed by atoms with Crippen molar-refractivity contribution in [1.82, 2.24) is 24.0 Å². The van der Waals surface area contributed by atoms with Gasteiger partial charge in [0.2, 0.25) is 11.9 Å². The average Bonchev–Trinajstić information content (AvgIpc) is 3.14. The number of aliphatic carboxylic acids is 1. The highest BCUT2D eigenvalue weighted by Gasteiger charge is 2.38. The first kappa shape index (κ1) is 26.6. The molecule has 2 aromatic heterocycles. The fourth-order valence-corrected chi connectivity index (χ4v) is 3.21. The highest BCUT2D eigenvalue weighted by Crippen LogP contribution is 2.20. The van der Waals surface area contributed by atoms with Gasteiger partial charge in [-0.15, -0.1) is 0 Å². The van der Waals surface area contributed by atoms with Crippen LogP contribution in [0.5, 0.6) is 0 Å². The molecular formula is C19H26F3N7O5. The number of allylic oxidation sites excluding steroid dienone is 2. The Kier molecular flexibility index (Phi) is 8.26. The van der Waals surface area contributed by atoms with E-state index in [1.54, 1.807) is 7.05 Å². The Morgan fingerprint density at radius 3 is 2.21 bits per heavy atom. The number of primary amides is 1. The largest absolute Gasteiger partial charge is 0.490 e. The lowest BCUT2D eigenvalue weighted by Crippen LogP contribution is -2.44. The molecule has 15 heteroatoms. The summed E-state index contributed by atoms with van der Waals surface area (Å²) in [6, 6.07) is 0. The number of anilines is 1. The van der Waals surface area contributed by atoms with Gasteiger partial charge in [0, 0.05) is 39.8 Å². The number of halogens is 3. The number of nitrogens with two attached hydrogens (primary N) is 1. The van der Waals surface area contributed by atoms with Crippen molar-refractivity contribution in [1.29, 1.82) is 0 Å². The summed E-state index contributed by atoms with van der Waals surface area (Å²) >= 11 is 0. The van der Waals surface area contributed by atoms with E-state index in [1.165, 1.54) is 4.57 Å². The number of carbonyl (C=O) groups excluding carboxylic acids is 1. The van der Waals surface area contributed by atoms with Crippen LogP contribution in [0.4, 0.5) is 19.1 Å². The zero-order valence-corrected chi connectivity index (χ0v) is 18.8. The predicted octanol–water partition coefficient (Wildman–Crippen LogP) is -0.609. The Balaban J connectivity index is 0.000000509. The van der Waals surface area contributed by atoms with E-state index in [2.05, 4.69) is 15.2 Å². The fraction of sp³-hybridized carbons (Fsp3) is 0.526. The van der Waals surface area contributed by atoms with Crippen LogP contribution in [0, 0.1) is 0 Å². The number of hydrogen-bond donors (Lipinski definition) is 3. The molecule has 0 saturated carbocycles. The summed E-state index contributed by atoms with van der Waals surface area (Å²) < 4.78 is 35.7. The number of carboxylic acid groups (broad SMARTS) is 1. The number of aromatic nitrogens is 4. The molecule has 12 nitrogen and oxygen atoms in total.